The van der Waals surface area contributed by atoms with Gasteiger partial charge in [-0.05, 0) is 51.9 Å². The summed E-state index contributed by atoms with van der Waals surface area (Å²) in [5.41, 5.74) is 7.68. The second kappa shape index (κ2) is 9.19. The van der Waals surface area contributed by atoms with Gasteiger partial charge >= 0.3 is 0 Å². The Kier molecular flexibility index (Phi) is 4.83. The van der Waals surface area contributed by atoms with Gasteiger partial charge in [0.1, 0.15) is 5.65 Å². The highest BCUT2D eigenvalue weighted by atomic mass is 32.1. The Morgan fingerprint density at radius 1 is 0.490 bits per heavy atom. The summed E-state index contributed by atoms with van der Waals surface area (Å²) in [6.07, 6.45) is 0. The molecule has 0 saturated heterocycles. The quantitative estimate of drug-likeness (QED) is 0.188. The number of hydrogen-bond acceptors (Lipinski definition) is 3. The number of para-hydroxylation sites is 1. The fourth-order valence-corrected chi connectivity index (χ4v) is 9.52. The highest BCUT2D eigenvalue weighted by molar-refractivity contribution is 7.26. The second-order valence-corrected chi connectivity index (χ2v) is 14.0. The third kappa shape index (κ3) is 3.27. The number of hydrogen-bond donors (Lipinski definition) is 0. The lowest BCUT2D eigenvalue weighted by Crippen LogP contribution is -2.04. The number of nitrogens with zero attached hydrogens (tertiary/aromatic N) is 4. The summed E-state index contributed by atoms with van der Waals surface area (Å²) in [6, 6.07) is 52.5. The molecule has 0 saturated carbocycles. The van der Waals surface area contributed by atoms with Crippen molar-refractivity contribution in [1.82, 2.24) is 18.9 Å². The molecule has 0 unspecified atom stereocenters. The van der Waals surface area contributed by atoms with E-state index in [-0.39, 0.29) is 0 Å². The molecule has 0 bridgehead atoms. The average Bonchev–Trinajstić information content (AvgIpc) is 3.89. The monoisotopic (exact) mass is 640 g/mol. The molecule has 5 heteroatoms. The van der Waals surface area contributed by atoms with E-state index in [0.717, 1.165) is 38.0 Å². The molecule has 12 rings (SSSR count). The van der Waals surface area contributed by atoms with Gasteiger partial charge in [0, 0.05) is 42.6 Å². The van der Waals surface area contributed by atoms with Gasteiger partial charge in [-0.3, -0.25) is 8.97 Å². The maximum absolute atomic E-state index is 5.51. The van der Waals surface area contributed by atoms with Crippen LogP contribution in [0.5, 0.6) is 0 Å². The predicted octanol–water partition coefficient (Wildman–Crippen LogP) is 11.9. The second-order valence-electron chi connectivity index (χ2n) is 13.0. The summed E-state index contributed by atoms with van der Waals surface area (Å²) in [7, 11) is 0. The Hall–Kier alpha value is -6.30. The molecular weight excluding hydrogens is 617 g/mol. The van der Waals surface area contributed by atoms with Crippen LogP contribution in [-0.4, -0.2) is 18.9 Å². The first kappa shape index (κ1) is 25.7. The molecule has 0 spiro atoms. The van der Waals surface area contributed by atoms with Crippen LogP contribution in [0.4, 0.5) is 0 Å². The lowest BCUT2D eigenvalue weighted by molar-refractivity contribution is 0.997. The van der Waals surface area contributed by atoms with Crippen LogP contribution < -0.4 is 0 Å². The number of benzene rings is 7. The molecular formula is C44H24N4S. The van der Waals surface area contributed by atoms with Gasteiger partial charge in [0.05, 0.1) is 32.5 Å². The summed E-state index contributed by atoms with van der Waals surface area (Å²) < 4.78 is 7.14. The van der Waals surface area contributed by atoms with Gasteiger partial charge in [-0.2, -0.15) is 0 Å². The molecule has 0 fully saturated rings. The Labute approximate surface area is 283 Å². The molecule has 0 aliphatic carbocycles. The van der Waals surface area contributed by atoms with Crippen molar-refractivity contribution in [2.75, 3.05) is 0 Å². The third-order valence-electron chi connectivity index (χ3n) is 10.4. The smallest absolute Gasteiger partial charge is 0.237 e. The van der Waals surface area contributed by atoms with E-state index >= 15 is 0 Å². The molecule has 0 aliphatic rings. The molecule has 0 aliphatic heterocycles. The van der Waals surface area contributed by atoms with Crippen molar-refractivity contribution in [2.45, 2.75) is 0 Å². The first-order valence-electron chi connectivity index (χ1n) is 16.6. The van der Waals surface area contributed by atoms with Gasteiger partial charge in [-0.1, -0.05) is 115 Å². The third-order valence-corrected chi connectivity index (χ3v) is 11.6. The van der Waals surface area contributed by atoms with E-state index < -0.39 is 0 Å². The Bertz CT molecular complexity index is 3330. The van der Waals surface area contributed by atoms with E-state index in [1.807, 2.05) is 0 Å². The van der Waals surface area contributed by atoms with Gasteiger partial charge in [0.2, 0.25) is 5.95 Å². The van der Waals surface area contributed by atoms with Crippen LogP contribution in [0.15, 0.2) is 146 Å². The van der Waals surface area contributed by atoms with Crippen molar-refractivity contribution in [3.05, 3.63) is 146 Å². The zero-order valence-corrected chi connectivity index (χ0v) is 26.9. The lowest BCUT2D eigenvalue weighted by atomic mass is 9.99. The Morgan fingerprint density at radius 2 is 1.16 bits per heavy atom. The van der Waals surface area contributed by atoms with Crippen LogP contribution in [0.1, 0.15) is 0 Å². The van der Waals surface area contributed by atoms with Crippen LogP contribution in [0.3, 0.4) is 0 Å². The van der Waals surface area contributed by atoms with Crippen LogP contribution in [0.25, 0.3) is 108 Å². The zero-order chi connectivity index (χ0) is 31.8. The SMILES string of the molecule is c1ccc(-c2nc(-n3c4cc5ccccc5cc4c4c5cc6ccccc6c6c7ccccc7n(c56)c43)nc3c2sc2ccccc23)cc1. The van der Waals surface area contributed by atoms with Crippen molar-refractivity contribution >= 4 is 102 Å². The van der Waals surface area contributed by atoms with Gasteiger partial charge in [-0.25, -0.2) is 9.97 Å². The van der Waals surface area contributed by atoms with Gasteiger partial charge in [-0.15, -0.1) is 11.3 Å². The topological polar surface area (TPSA) is 35.1 Å². The van der Waals surface area contributed by atoms with Gasteiger partial charge in [0.25, 0.3) is 0 Å². The fourth-order valence-electron chi connectivity index (χ4n) is 8.36. The van der Waals surface area contributed by atoms with E-state index in [1.54, 1.807) is 11.3 Å². The number of rotatable bonds is 2. The summed E-state index contributed by atoms with van der Waals surface area (Å²) >= 11 is 1.77. The molecule has 5 heterocycles. The minimum atomic E-state index is 0.680. The molecule has 5 aromatic heterocycles. The minimum Gasteiger partial charge on any atom is -0.294 e. The molecule has 12 aromatic rings. The standard InChI is InChI=1S/C44H24N4S/c1-2-12-25(13-3-1)39-42-40(31-19-9-11-21-36(31)49-42)46-44(45-39)48-35-24-27-15-5-4-14-26(27)22-32(35)38-33-23-28-16-6-7-17-29(28)37-30-18-8-10-20-34(30)47(41(33)37)43(38)48/h1-24H. The number of aromatic nitrogens is 4. The van der Waals surface area contributed by atoms with E-state index in [0.29, 0.717) is 5.95 Å². The molecule has 0 amide bonds. The van der Waals surface area contributed by atoms with Crippen molar-refractivity contribution < 1.29 is 0 Å². The maximum atomic E-state index is 5.51. The van der Waals surface area contributed by atoms with Gasteiger partial charge < -0.3 is 0 Å². The van der Waals surface area contributed by atoms with Crippen LogP contribution in [-0.2, 0) is 0 Å². The average molecular weight is 641 g/mol. The Balaban J connectivity index is 1.36. The highest BCUT2D eigenvalue weighted by Gasteiger charge is 2.27. The van der Waals surface area contributed by atoms with Crippen molar-refractivity contribution in [1.29, 1.82) is 0 Å². The van der Waals surface area contributed by atoms with E-state index in [9.17, 15) is 0 Å². The summed E-state index contributed by atoms with van der Waals surface area (Å²) in [5, 5.41) is 12.3. The van der Waals surface area contributed by atoms with Gasteiger partial charge in [0.15, 0.2) is 0 Å². The zero-order valence-electron chi connectivity index (χ0n) is 26.1. The lowest BCUT2D eigenvalue weighted by Gasteiger charge is -2.11. The first-order valence-corrected chi connectivity index (χ1v) is 17.4. The highest BCUT2D eigenvalue weighted by Crippen LogP contribution is 2.48. The number of thiophene rings is 1. The minimum absolute atomic E-state index is 0.680. The molecule has 0 atom stereocenters. The van der Waals surface area contributed by atoms with Crippen LogP contribution in [0, 0.1) is 0 Å². The summed E-state index contributed by atoms with van der Waals surface area (Å²) in [5.74, 6) is 0.680. The Morgan fingerprint density at radius 3 is 2.02 bits per heavy atom. The molecule has 49 heavy (non-hydrogen) atoms. The molecule has 0 N–H and O–H groups in total. The summed E-state index contributed by atoms with van der Waals surface area (Å²) in [6.45, 7) is 0. The number of fused-ring (bicyclic) bond motifs is 14. The van der Waals surface area contributed by atoms with Crippen molar-refractivity contribution in [3.8, 4) is 17.2 Å². The van der Waals surface area contributed by atoms with Crippen LogP contribution in [0.2, 0.25) is 0 Å². The normalized spacial score (nSPS) is 12.5. The maximum Gasteiger partial charge on any atom is 0.237 e. The predicted molar refractivity (Wildman–Crippen MR) is 207 cm³/mol. The molecule has 7 aromatic carbocycles. The first-order chi connectivity index (χ1) is 24.3. The van der Waals surface area contributed by atoms with Crippen molar-refractivity contribution in [2.24, 2.45) is 0 Å². The van der Waals surface area contributed by atoms with E-state index in [1.165, 1.54) is 64.2 Å². The fraction of sp³-hybridized carbons (Fsp3) is 0. The molecule has 226 valence electrons. The van der Waals surface area contributed by atoms with E-state index in [2.05, 4.69) is 155 Å². The summed E-state index contributed by atoms with van der Waals surface area (Å²) in [4.78, 5) is 11.0. The van der Waals surface area contributed by atoms with Crippen LogP contribution >= 0.6 is 11.3 Å². The van der Waals surface area contributed by atoms with Crippen molar-refractivity contribution in [3.63, 3.8) is 0 Å². The molecule has 4 nitrogen and oxygen atoms in total. The van der Waals surface area contributed by atoms with E-state index in [4.69, 9.17) is 9.97 Å². The molecule has 0 radical (unpaired) electrons. The largest absolute Gasteiger partial charge is 0.294 e.